The van der Waals surface area contributed by atoms with E-state index >= 15 is 0 Å². The Morgan fingerprint density at radius 1 is 1.12 bits per heavy atom. The molecule has 0 amide bonds. The molecule has 0 radical (unpaired) electrons. The van der Waals surface area contributed by atoms with Crippen molar-refractivity contribution in [2.75, 3.05) is 12.0 Å². The van der Waals surface area contributed by atoms with Gasteiger partial charge in [0.15, 0.2) is 0 Å². The summed E-state index contributed by atoms with van der Waals surface area (Å²) in [4.78, 5) is 7.57. The van der Waals surface area contributed by atoms with Crippen LogP contribution in [0.1, 0.15) is 31.7 Å². The highest BCUT2D eigenvalue weighted by Gasteiger charge is 1.99. The molecule has 0 bridgehead atoms. The summed E-state index contributed by atoms with van der Waals surface area (Å²) < 4.78 is 5.70. The molecule has 0 unspecified atom stereocenters. The number of H-pyrrole nitrogens is 1. The van der Waals surface area contributed by atoms with Crippen LogP contribution in [0.5, 0.6) is 5.75 Å². The average molecular weight is 322 g/mol. The standard InChI is InChI=1S/C19H22N4O/c1-2-3-6-13-24-16-11-9-15(10-12-16)14-20-23-19-21-17-7-4-5-8-18(17)22-19/h4-5,7-12,14H,2-3,6,13H2,1H3,(H2,21,22,23)/b20-14-. The molecule has 3 rings (SSSR count). The third-order valence-corrected chi connectivity index (χ3v) is 3.67. The number of unbranched alkanes of at least 4 members (excludes halogenated alkanes) is 2. The van der Waals surface area contributed by atoms with E-state index in [1.54, 1.807) is 6.21 Å². The SMILES string of the molecule is CCCCCOc1ccc(/C=N\Nc2nc3ccccc3[nH]2)cc1. The summed E-state index contributed by atoms with van der Waals surface area (Å²) in [6.07, 6.45) is 5.27. The van der Waals surface area contributed by atoms with Gasteiger partial charge in [-0.2, -0.15) is 5.10 Å². The molecule has 3 aromatic rings. The molecule has 0 atom stereocenters. The Morgan fingerprint density at radius 2 is 1.96 bits per heavy atom. The number of hydrogen-bond donors (Lipinski definition) is 2. The number of nitrogens with one attached hydrogen (secondary N) is 2. The number of hydrogen-bond acceptors (Lipinski definition) is 4. The van der Waals surface area contributed by atoms with Crippen LogP contribution in [0.4, 0.5) is 5.95 Å². The van der Waals surface area contributed by atoms with Crippen molar-refractivity contribution in [2.45, 2.75) is 26.2 Å². The van der Waals surface area contributed by atoms with Crippen molar-refractivity contribution in [1.29, 1.82) is 0 Å². The van der Waals surface area contributed by atoms with Crippen molar-refractivity contribution in [2.24, 2.45) is 5.10 Å². The Hall–Kier alpha value is -2.82. The number of anilines is 1. The van der Waals surface area contributed by atoms with Gasteiger partial charge in [-0.15, -0.1) is 0 Å². The first-order chi connectivity index (χ1) is 11.8. The van der Waals surface area contributed by atoms with Crippen molar-refractivity contribution in [3.05, 3.63) is 54.1 Å². The lowest BCUT2D eigenvalue weighted by Gasteiger charge is -2.05. The van der Waals surface area contributed by atoms with Crippen molar-refractivity contribution < 1.29 is 4.74 Å². The number of fused-ring (bicyclic) bond motifs is 1. The molecule has 0 aliphatic heterocycles. The molecule has 5 heteroatoms. The minimum Gasteiger partial charge on any atom is -0.494 e. The van der Waals surface area contributed by atoms with E-state index in [-0.39, 0.29) is 0 Å². The maximum absolute atomic E-state index is 5.70. The fourth-order valence-corrected chi connectivity index (χ4v) is 2.37. The highest BCUT2D eigenvalue weighted by atomic mass is 16.5. The van der Waals surface area contributed by atoms with Gasteiger partial charge < -0.3 is 9.72 Å². The molecular formula is C19H22N4O. The zero-order valence-corrected chi connectivity index (χ0v) is 13.8. The molecule has 0 saturated heterocycles. The number of benzene rings is 2. The van der Waals surface area contributed by atoms with E-state index in [9.17, 15) is 0 Å². The van der Waals surface area contributed by atoms with Gasteiger partial charge in [0.05, 0.1) is 23.9 Å². The van der Waals surface area contributed by atoms with E-state index in [1.165, 1.54) is 12.8 Å². The number of nitrogens with zero attached hydrogens (tertiary/aromatic N) is 2. The van der Waals surface area contributed by atoms with Gasteiger partial charge in [0.2, 0.25) is 5.95 Å². The van der Waals surface area contributed by atoms with Gasteiger partial charge in [-0.05, 0) is 48.4 Å². The largest absolute Gasteiger partial charge is 0.494 e. The van der Waals surface area contributed by atoms with Crippen molar-refractivity contribution >= 4 is 23.2 Å². The second-order valence-corrected chi connectivity index (χ2v) is 5.60. The Bertz CT molecular complexity index is 759. The smallest absolute Gasteiger partial charge is 0.222 e. The van der Waals surface area contributed by atoms with Crippen molar-refractivity contribution in [3.8, 4) is 5.75 Å². The van der Waals surface area contributed by atoms with Gasteiger partial charge in [0.25, 0.3) is 0 Å². The van der Waals surface area contributed by atoms with E-state index in [1.807, 2.05) is 48.5 Å². The molecule has 0 fully saturated rings. The Morgan fingerprint density at radius 3 is 2.75 bits per heavy atom. The lowest BCUT2D eigenvalue weighted by Crippen LogP contribution is -1.97. The number of ether oxygens (including phenoxy) is 1. The fraction of sp³-hybridized carbons (Fsp3) is 0.263. The number of aromatic amines is 1. The predicted octanol–water partition coefficient (Wildman–Crippen LogP) is 4.58. The first-order valence-corrected chi connectivity index (χ1v) is 8.32. The molecule has 124 valence electrons. The summed E-state index contributed by atoms with van der Waals surface area (Å²) in [6.45, 7) is 2.96. The van der Waals surface area contributed by atoms with E-state index in [4.69, 9.17) is 4.74 Å². The molecule has 2 aromatic carbocycles. The minimum atomic E-state index is 0.628. The summed E-state index contributed by atoms with van der Waals surface area (Å²) in [5.74, 6) is 1.52. The van der Waals surface area contributed by atoms with E-state index in [2.05, 4.69) is 27.4 Å². The Kier molecular flexibility index (Phi) is 5.45. The maximum atomic E-state index is 5.70. The highest BCUT2D eigenvalue weighted by Crippen LogP contribution is 2.14. The minimum absolute atomic E-state index is 0.628. The van der Waals surface area contributed by atoms with Crippen LogP contribution < -0.4 is 10.2 Å². The van der Waals surface area contributed by atoms with Crippen LogP contribution in [0, 0.1) is 0 Å². The van der Waals surface area contributed by atoms with E-state index in [0.29, 0.717) is 5.95 Å². The van der Waals surface area contributed by atoms with Crippen LogP contribution in [0.2, 0.25) is 0 Å². The summed E-state index contributed by atoms with van der Waals surface area (Å²) in [7, 11) is 0. The lowest BCUT2D eigenvalue weighted by atomic mass is 10.2. The first-order valence-electron chi connectivity index (χ1n) is 8.32. The zero-order valence-electron chi connectivity index (χ0n) is 13.8. The molecular weight excluding hydrogens is 300 g/mol. The molecule has 0 aliphatic rings. The second-order valence-electron chi connectivity index (χ2n) is 5.60. The quantitative estimate of drug-likeness (QED) is 0.362. The molecule has 1 heterocycles. The molecule has 5 nitrogen and oxygen atoms in total. The van der Waals surface area contributed by atoms with Gasteiger partial charge >= 0.3 is 0 Å². The summed E-state index contributed by atoms with van der Waals surface area (Å²) in [5.41, 5.74) is 5.82. The van der Waals surface area contributed by atoms with E-state index < -0.39 is 0 Å². The summed E-state index contributed by atoms with van der Waals surface area (Å²) in [5, 5.41) is 4.21. The van der Waals surface area contributed by atoms with Gasteiger partial charge in [0.1, 0.15) is 5.75 Å². The molecule has 1 aromatic heterocycles. The Labute approximate surface area is 141 Å². The average Bonchev–Trinajstić information content (AvgIpc) is 3.03. The van der Waals surface area contributed by atoms with Crippen LogP contribution in [0.3, 0.4) is 0 Å². The van der Waals surface area contributed by atoms with Gasteiger partial charge in [-0.3, -0.25) is 0 Å². The first kappa shape index (κ1) is 16.1. The normalized spacial score (nSPS) is 11.2. The van der Waals surface area contributed by atoms with Crippen LogP contribution in [-0.4, -0.2) is 22.8 Å². The molecule has 0 saturated carbocycles. The zero-order chi connectivity index (χ0) is 16.6. The highest BCUT2D eigenvalue weighted by molar-refractivity contribution is 5.81. The molecule has 0 aliphatic carbocycles. The third-order valence-electron chi connectivity index (χ3n) is 3.67. The van der Waals surface area contributed by atoms with Gasteiger partial charge in [-0.1, -0.05) is 31.9 Å². The van der Waals surface area contributed by atoms with Crippen LogP contribution in [0.25, 0.3) is 11.0 Å². The lowest BCUT2D eigenvalue weighted by molar-refractivity contribution is 0.306. The maximum Gasteiger partial charge on any atom is 0.222 e. The predicted molar refractivity (Wildman–Crippen MR) is 98.8 cm³/mol. The summed E-state index contributed by atoms with van der Waals surface area (Å²) in [6, 6.07) is 15.8. The number of imidazole rings is 1. The van der Waals surface area contributed by atoms with Gasteiger partial charge in [-0.25, -0.2) is 10.4 Å². The van der Waals surface area contributed by atoms with Crippen molar-refractivity contribution in [1.82, 2.24) is 9.97 Å². The summed E-state index contributed by atoms with van der Waals surface area (Å²) >= 11 is 0. The van der Waals surface area contributed by atoms with Crippen LogP contribution in [0.15, 0.2) is 53.6 Å². The molecule has 24 heavy (non-hydrogen) atoms. The number of aromatic nitrogens is 2. The number of rotatable bonds is 8. The number of hydrazone groups is 1. The van der Waals surface area contributed by atoms with E-state index in [0.717, 1.165) is 35.4 Å². The fourth-order valence-electron chi connectivity index (χ4n) is 2.37. The van der Waals surface area contributed by atoms with Crippen LogP contribution in [-0.2, 0) is 0 Å². The number of para-hydroxylation sites is 2. The van der Waals surface area contributed by atoms with Gasteiger partial charge in [0, 0.05) is 0 Å². The second kappa shape index (κ2) is 8.15. The Balaban J connectivity index is 1.52. The van der Waals surface area contributed by atoms with Crippen LogP contribution >= 0.6 is 0 Å². The molecule has 2 N–H and O–H groups in total. The van der Waals surface area contributed by atoms with Crippen molar-refractivity contribution in [3.63, 3.8) is 0 Å². The monoisotopic (exact) mass is 322 g/mol. The molecule has 0 spiro atoms. The topological polar surface area (TPSA) is 62.3 Å². The third kappa shape index (κ3) is 4.35.